The van der Waals surface area contributed by atoms with E-state index >= 15 is 0 Å². The van der Waals surface area contributed by atoms with E-state index in [1.807, 2.05) is 56.0 Å². The topological polar surface area (TPSA) is 105 Å². The summed E-state index contributed by atoms with van der Waals surface area (Å²) in [6, 6.07) is 12.9. The second kappa shape index (κ2) is 9.85. The number of hydrogen-bond acceptors (Lipinski definition) is 5. The summed E-state index contributed by atoms with van der Waals surface area (Å²) in [5, 5.41) is 2.76. The van der Waals surface area contributed by atoms with Gasteiger partial charge in [0.25, 0.3) is 5.91 Å². The lowest BCUT2D eigenvalue weighted by Gasteiger charge is -2.41. The average molecular weight is 465 g/mol. The molecule has 0 unspecified atom stereocenters. The number of nitrogens with one attached hydrogen (secondary N) is 1. The number of hydrogen-bond donors (Lipinski definition) is 2. The van der Waals surface area contributed by atoms with Gasteiger partial charge in [0.05, 0.1) is 23.5 Å². The van der Waals surface area contributed by atoms with Gasteiger partial charge in [0.1, 0.15) is 0 Å². The van der Waals surface area contributed by atoms with Gasteiger partial charge >= 0.3 is 6.09 Å². The summed E-state index contributed by atoms with van der Waals surface area (Å²) in [6.07, 6.45) is 1.16. The van der Waals surface area contributed by atoms with Crippen LogP contribution < -0.4 is 20.9 Å². The Hall–Kier alpha value is -3.39. The first kappa shape index (κ1) is 23.8. The molecule has 34 heavy (non-hydrogen) atoms. The maximum Gasteiger partial charge on any atom is 0.414 e. The number of benzene rings is 2. The summed E-state index contributed by atoms with van der Waals surface area (Å²) in [7, 11) is 0. The van der Waals surface area contributed by atoms with Crippen molar-refractivity contribution in [3.63, 3.8) is 0 Å². The fraction of sp³-hybridized carbons (Fsp3) is 0.423. The molecule has 0 aromatic heterocycles. The number of amides is 3. The molecule has 1 heterocycles. The van der Waals surface area contributed by atoms with Gasteiger partial charge in [-0.05, 0) is 69.0 Å². The number of nitrogens with two attached hydrogens (primary N) is 1. The molecule has 3 amide bonds. The lowest BCUT2D eigenvalue weighted by atomic mass is 9.99. The molecular formula is C26H32N4O4. The standard InChI is InChI=1S/C26H32N4O4/c1-16(2)34-26(33)29-15-17(3)30(25(32)20-8-9-20)22-11-10-21(14-23(22)29)18-4-6-19(7-5-18)24(31)28-13-12-27/h4-7,10-11,14,16-17,20H,8-9,12-13,15,27H2,1-3H3,(H,28,31)/t17-/m0/s1. The minimum Gasteiger partial charge on any atom is -0.446 e. The normalized spacial score (nSPS) is 17.4. The van der Waals surface area contributed by atoms with Crippen LogP contribution in [0.2, 0.25) is 0 Å². The number of anilines is 2. The van der Waals surface area contributed by atoms with E-state index in [1.165, 1.54) is 0 Å². The van der Waals surface area contributed by atoms with Gasteiger partial charge in [0.15, 0.2) is 0 Å². The van der Waals surface area contributed by atoms with Crippen LogP contribution in [-0.2, 0) is 9.53 Å². The van der Waals surface area contributed by atoms with Crippen LogP contribution in [-0.4, -0.2) is 49.7 Å². The Kier molecular flexibility index (Phi) is 6.88. The highest BCUT2D eigenvalue weighted by Gasteiger charge is 2.41. The first-order valence-electron chi connectivity index (χ1n) is 11.8. The third kappa shape index (κ3) is 4.92. The zero-order chi connectivity index (χ0) is 24.4. The van der Waals surface area contributed by atoms with Crippen molar-refractivity contribution < 1.29 is 19.1 Å². The maximum absolute atomic E-state index is 13.1. The molecular weight excluding hydrogens is 432 g/mol. The largest absolute Gasteiger partial charge is 0.446 e. The molecule has 1 fully saturated rings. The van der Waals surface area contributed by atoms with E-state index in [9.17, 15) is 14.4 Å². The molecule has 0 radical (unpaired) electrons. The van der Waals surface area contributed by atoms with Crippen LogP contribution in [0.3, 0.4) is 0 Å². The second-order valence-corrected chi connectivity index (χ2v) is 9.20. The van der Waals surface area contributed by atoms with Crippen LogP contribution in [0.15, 0.2) is 42.5 Å². The van der Waals surface area contributed by atoms with Crippen LogP contribution >= 0.6 is 0 Å². The van der Waals surface area contributed by atoms with Gasteiger partial charge in [0.2, 0.25) is 5.91 Å². The van der Waals surface area contributed by atoms with Crippen molar-refractivity contribution in [1.82, 2.24) is 5.32 Å². The monoisotopic (exact) mass is 464 g/mol. The lowest BCUT2D eigenvalue weighted by Crippen LogP contribution is -2.52. The van der Waals surface area contributed by atoms with Gasteiger partial charge in [-0.15, -0.1) is 0 Å². The van der Waals surface area contributed by atoms with Crippen LogP contribution in [0.1, 0.15) is 44.0 Å². The predicted molar refractivity (Wildman–Crippen MR) is 132 cm³/mol. The SMILES string of the molecule is CC(C)OC(=O)N1C[C@H](C)N(C(=O)C2CC2)c2ccc(-c3ccc(C(=O)NCCN)cc3)cc21. The molecule has 1 aliphatic heterocycles. The van der Waals surface area contributed by atoms with E-state index in [-0.39, 0.29) is 29.9 Å². The molecule has 8 heteroatoms. The minimum atomic E-state index is -0.425. The highest BCUT2D eigenvalue weighted by molar-refractivity contribution is 6.05. The van der Waals surface area contributed by atoms with E-state index in [4.69, 9.17) is 10.5 Å². The fourth-order valence-electron chi connectivity index (χ4n) is 4.21. The third-order valence-electron chi connectivity index (χ3n) is 6.04. The van der Waals surface area contributed by atoms with Gasteiger partial charge in [-0.2, -0.15) is 0 Å². The van der Waals surface area contributed by atoms with Crippen molar-refractivity contribution in [2.24, 2.45) is 11.7 Å². The molecule has 1 atom stereocenters. The zero-order valence-corrected chi connectivity index (χ0v) is 19.9. The van der Waals surface area contributed by atoms with Crippen molar-refractivity contribution in [3.8, 4) is 11.1 Å². The molecule has 2 aliphatic rings. The van der Waals surface area contributed by atoms with Gasteiger partial charge in [0, 0.05) is 31.1 Å². The lowest BCUT2D eigenvalue weighted by molar-refractivity contribution is -0.120. The van der Waals surface area contributed by atoms with Crippen LogP contribution in [0.25, 0.3) is 11.1 Å². The van der Waals surface area contributed by atoms with Crippen molar-refractivity contribution in [2.45, 2.75) is 45.8 Å². The molecule has 4 rings (SSSR count). The Balaban J connectivity index is 1.68. The van der Waals surface area contributed by atoms with Crippen molar-refractivity contribution in [1.29, 1.82) is 0 Å². The number of ether oxygens (including phenoxy) is 1. The number of carbonyl (C=O) groups excluding carboxylic acids is 3. The van der Waals surface area contributed by atoms with E-state index in [0.717, 1.165) is 29.7 Å². The average Bonchev–Trinajstić information content (AvgIpc) is 3.66. The Labute approximate surface area is 200 Å². The first-order valence-corrected chi connectivity index (χ1v) is 11.8. The van der Waals surface area contributed by atoms with Crippen molar-refractivity contribution in [3.05, 3.63) is 48.0 Å². The number of fused-ring (bicyclic) bond motifs is 1. The number of rotatable bonds is 6. The number of carbonyl (C=O) groups is 3. The molecule has 3 N–H and O–H groups in total. The second-order valence-electron chi connectivity index (χ2n) is 9.20. The highest BCUT2D eigenvalue weighted by atomic mass is 16.6. The maximum atomic E-state index is 13.1. The molecule has 1 aliphatic carbocycles. The fourth-order valence-corrected chi connectivity index (χ4v) is 4.21. The van der Waals surface area contributed by atoms with Crippen molar-refractivity contribution in [2.75, 3.05) is 29.4 Å². The number of nitrogens with zero attached hydrogens (tertiary/aromatic N) is 2. The molecule has 0 saturated heterocycles. The summed E-state index contributed by atoms with van der Waals surface area (Å²) in [6.45, 7) is 6.76. The Morgan fingerprint density at radius 1 is 1.06 bits per heavy atom. The van der Waals surface area contributed by atoms with E-state index < -0.39 is 6.09 Å². The summed E-state index contributed by atoms with van der Waals surface area (Å²) in [5.41, 5.74) is 9.15. The molecule has 180 valence electrons. The molecule has 2 aromatic carbocycles. The van der Waals surface area contributed by atoms with Crippen LogP contribution in [0.4, 0.5) is 16.2 Å². The summed E-state index contributed by atoms with van der Waals surface area (Å²) >= 11 is 0. The Bertz CT molecular complexity index is 1080. The molecule has 2 aromatic rings. The quantitative estimate of drug-likeness (QED) is 0.680. The molecule has 0 spiro atoms. The Morgan fingerprint density at radius 3 is 2.35 bits per heavy atom. The van der Waals surface area contributed by atoms with Crippen LogP contribution in [0.5, 0.6) is 0 Å². The summed E-state index contributed by atoms with van der Waals surface area (Å²) in [4.78, 5) is 41.6. The third-order valence-corrected chi connectivity index (χ3v) is 6.04. The van der Waals surface area contributed by atoms with Gasteiger partial charge < -0.3 is 20.7 Å². The molecule has 0 bridgehead atoms. The van der Waals surface area contributed by atoms with E-state index in [2.05, 4.69) is 5.32 Å². The minimum absolute atomic E-state index is 0.0714. The van der Waals surface area contributed by atoms with Crippen molar-refractivity contribution >= 4 is 29.3 Å². The highest BCUT2D eigenvalue weighted by Crippen LogP contribution is 2.42. The smallest absolute Gasteiger partial charge is 0.414 e. The summed E-state index contributed by atoms with van der Waals surface area (Å²) < 4.78 is 5.50. The van der Waals surface area contributed by atoms with Crippen LogP contribution in [0, 0.1) is 5.92 Å². The molecule has 8 nitrogen and oxygen atoms in total. The van der Waals surface area contributed by atoms with Gasteiger partial charge in [-0.25, -0.2) is 4.79 Å². The van der Waals surface area contributed by atoms with E-state index in [1.54, 1.807) is 17.0 Å². The Morgan fingerprint density at radius 2 is 1.74 bits per heavy atom. The predicted octanol–water partition coefficient (Wildman–Crippen LogP) is 3.54. The zero-order valence-electron chi connectivity index (χ0n) is 19.9. The van der Waals surface area contributed by atoms with E-state index in [0.29, 0.717) is 30.9 Å². The molecule has 1 saturated carbocycles. The summed E-state index contributed by atoms with van der Waals surface area (Å²) in [5.74, 6) is 0.0154. The van der Waals surface area contributed by atoms with Gasteiger partial charge in [-0.1, -0.05) is 18.2 Å². The first-order chi connectivity index (χ1) is 16.3. The van der Waals surface area contributed by atoms with Gasteiger partial charge in [-0.3, -0.25) is 14.5 Å².